The van der Waals surface area contributed by atoms with E-state index in [0.29, 0.717) is 29.4 Å². The van der Waals surface area contributed by atoms with Crippen molar-refractivity contribution >= 4 is 17.6 Å². The molecule has 1 unspecified atom stereocenters. The summed E-state index contributed by atoms with van der Waals surface area (Å²) >= 11 is 0. The van der Waals surface area contributed by atoms with Crippen molar-refractivity contribution in [3.63, 3.8) is 0 Å². The van der Waals surface area contributed by atoms with Gasteiger partial charge >= 0.3 is 5.97 Å². The maximum absolute atomic E-state index is 14.0. The summed E-state index contributed by atoms with van der Waals surface area (Å²) in [5.41, 5.74) is 1.82. The molecule has 0 aliphatic carbocycles. The number of amides is 1. The second-order valence-electron chi connectivity index (χ2n) is 8.14. The summed E-state index contributed by atoms with van der Waals surface area (Å²) in [6.45, 7) is 2.56. The molecule has 10 heteroatoms. The van der Waals surface area contributed by atoms with E-state index < -0.39 is 11.4 Å². The molecule has 0 radical (unpaired) electrons. The molecule has 6 rings (SSSR count). The number of nitrogens with zero attached hydrogens (tertiary/aromatic N) is 4. The molecule has 3 aliphatic rings. The van der Waals surface area contributed by atoms with Gasteiger partial charge in [-0.2, -0.15) is 0 Å². The van der Waals surface area contributed by atoms with Crippen LogP contribution in [0.2, 0.25) is 0 Å². The van der Waals surface area contributed by atoms with Gasteiger partial charge in [0.25, 0.3) is 0 Å². The highest BCUT2D eigenvalue weighted by molar-refractivity contribution is 6.11. The van der Waals surface area contributed by atoms with Crippen LogP contribution in [0.1, 0.15) is 34.2 Å². The van der Waals surface area contributed by atoms with Crippen LogP contribution in [0.3, 0.4) is 0 Å². The average Bonchev–Trinajstić information content (AvgIpc) is 3.57. The molecular formula is C23H20N4O6. The number of hydrogen-bond donors (Lipinski definition) is 1. The molecule has 1 N–H and O–H groups in total. The Morgan fingerprint density at radius 1 is 1.09 bits per heavy atom. The molecule has 1 amide bonds. The van der Waals surface area contributed by atoms with Gasteiger partial charge in [-0.25, -0.2) is 9.48 Å². The van der Waals surface area contributed by atoms with E-state index >= 15 is 0 Å². The van der Waals surface area contributed by atoms with Crippen LogP contribution in [0, 0.1) is 0 Å². The van der Waals surface area contributed by atoms with Crippen LogP contribution in [-0.4, -0.2) is 51.9 Å². The zero-order valence-electron chi connectivity index (χ0n) is 17.8. The van der Waals surface area contributed by atoms with Crippen molar-refractivity contribution in [2.45, 2.75) is 25.3 Å². The summed E-state index contributed by atoms with van der Waals surface area (Å²) < 4.78 is 18.3. The number of rotatable bonds is 5. The Bertz CT molecular complexity index is 1320. The quantitative estimate of drug-likeness (QED) is 0.630. The first-order chi connectivity index (χ1) is 16.0. The third kappa shape index (κ3) is 2.60. The molecule has 0 saturated heterocycles. The van der Waals surface area contributed by atoms with Crippen molar-refractivity contribution in [2.75, 3.05) is 24.8 Å². The number of aryl methyl sites for hydroxylation is 1. The molecule has 2 aromatic carbocycles. The summed E-state index contributed by atoms with van der Waals surface area (Å²) in [6.07, 6.45) is 0.459. The second kappa shape index (κ2) is 6.96. The lowest BCUT2D eigenvalue weighted by molar-refractivity contribution is -0.122. The molecule has 168 valence electrons. The maximum Gasteiger partial charge on any atom is 0.356 e. The third-order valence-electron chi connectivity index (χ3n) is 6.52. The Balaban J connectivity index is 1.39. The van der Waals surface area contributed by atoms with Crippen molar-refractivity contribution in [1.82, 2.24) is 15.0 Å². The van der Waals surface area contributed by atoms with Gasteiger partial charge in [0.1, 0.15) is 17.8 Å². The van der Waals surface area contributed by atoms with Gasteiger partial charge < -0.3 is 24.2 Å². The van der Waals surface area contributed by atoms with Gasteiger partial charge in [-0.05, 0) is 24.1 Å². The molecule has 1 spiro atoms. The van der Waals surface area contributed by atoms with Gasteiger partial charge in [-0.1, -0.05) is 30.3 Å². The van der Waals surface area contributed by atoms with Crippen LogP contribution in [0.4, 0.5) is 5.69 Å². The van der Waals surface area contributed by atoms with E-state index in [1.165, 1.54) is 4.68 Å². The summed E-state index contributed by atoms with van der Waals surface area (Å²) in [4.78, 5) is 27.4. The number of fused-ring (bicyclic) bond motifs is 5. The van der Waals surface area contributed by atoms with Crippen LogP contribution >= 0.6 is 0 Å². The number of benzene rings is 2. The number of hydrogen-bond acceptors (Lipinski definition) is 7. The fourth-order valence-electron chi connectivity index (χ4n) is 4.96. The monoisotopic (exact) mass is 448 g/mol. The molecule has 3 aliphatic heterocycles. The minimum absolute atomic E-state index is 0.0504. The second-order valence-corrected chi connectivity index (χ2v) is 8.14. The molecular weight excluding hydrogens is 428 g/mol. The maximum atomic E-state index is 14.0. The van der Waals surface area contributed by atoms with Crippen LogP contribution in [-0.2, 0) is 23.2 Å². The third-order valence-corrected chi connectivity index (χ3v) is 6.52. The number of anilines is 1. The van der Waals surface area contributed by atoms with Crippen LogP contribution in [0.5, 0.6) is 17.2 Å². The lowest BCUT2D eigenvalue weighted by Gasteiger charge is -2.23. The van der Waals surface area contributed by atoms with Gasteiger partial charge in [-0.3, -0.25) is 4.79 Å². The molecule has 3 aromatic rings. The van der Waals surface area contributed by atoms with Crippen molar-refractivity contribution in [3.05, 3.63) is 58.9 Å². The van der Waals surface area contributed by atoms with E-state index in [4.69, 9.17) is 14.2 Å². The number of aromatic carboxylic acids is 1. The first-order valence-corrected chi connectivity index (χ1v) is 10.7. The predicted molar refractivity (Wildman–Crippen MR) is 114 cm³/mol. The van der Waals surface area contributed by atoms with E-state index in [0.717, 1.165) is 16.8 Å². The summed E-state index contributed by atoms with van der Waals surface area (Å²) in [5.74, 6) is 0.564. The standard InChI is InChI=1S/C23H20N4O6/c1-2-15-20(21(28)29)27(25-24-15)8-7-26-16-6-4-3-5-13(16)23(22(26)30)11-31-17-10-19-18(9-14(17)23)32-12-33-19/h3-6,9-10H,2,7-8,11-12H2,1H3,(H,28,29). The van der Waals surface area contributed by atoms with E-state index in [1.807, 2.05) is 37.3 Å². The molecule has 0 fully saturated rings. The van der Waals surface area contributed by atoms with Gasteiger partial charge in [0.2, 0.25) is 12.7 Å². The number of carboxylic acids is 1. The molecule has 0 bridgehead atoms. The van der Waals surface area contributed by atoms with E-state index in [2.05, 4.69) is 10.3 Å². The summed E-state index contributed by atoms with van der Waals surface area (Å²) in [6, 6.07) is 11.2. The minimum atomic E-state index is -1.09. The number of aromatic nitrogens is 3. The lowest BCUT2D eigenvalue weighted by Crippen LogP contribution is -2.43. The molecule has 10 nitrogen and oxygen atoms in total. The van der Waals surface area contributed by atoms with Gasteiger partial charge in [0.05, 0.1) is 12.2 Å². The molecule has 1 atom stereocenters. The lowest BCUT2D eigenvalue weighted by atomic mass is 9.77. The van der Waals surface area contributed by atoms with Gasteiger partial charge in [0, 0.05) is 23.9 Å². The first-order valence-electron chi connectivity index (χ1n) is 10.7. The van der Waals surface area contributed by atoms with Crippen LogP contribution < -0.4 is 19.1 Å². The smallest absolute Gasteiger partial charge is 0.356 e. The average molecular weight is 448 g/mol. The van der Waals surface area contributed by atoms with Gasteiger partial charge in [0.15, 0.2) is 17.2 Å². The number of carbonyl (C=O) groups is 2. The van der Waals surface area contributed by atoms with Crippen LogP contribution in [0.25, 0.3) is 0 Å². The fourth-order valence-corrected chi connectivity index (χ4v) is 4.96. The van der Waals surface area contributed by atoms with E-state index in [-0.39, 0.29) is 38.1 Å². The highest BCUT2D eigenvalue weighted by atomic mass is 16.7. The fraction of sp³-hybridized carbons (Fsp3) is 0.304. The summed E-state index contributed by atoms with van der Waals surface area (Å²) in [5, 5.41) is 17.6. The zero-order valence-corrected chi connectivity index (χ0v) is 17.8. The Hall–Kier alpha value is -4.08. The minimum Gasteiger partial charge on any atom is -0.491 e. The van der Waals surface area contributed by atoms with Crippen molar-refractivity contribution < 1.29 is 28.9 Å². The number of para-hydroxylation sites is 1. The predicted octanol–water partition coefficient (Wildman–Crippen LogP) is 1.99. The number of ether oxygens (including phenoxy) is 3. The Morgan fingerprint density at radius 3 is 2.67 bits per heavy atom. The molecule has 4 heterocycles. The highest BCUT2D eigenvalue weighted by Crippen LogP contribution is 2.54. The zero-order chi connectivity index (χ0) is 22.7. The van der Waals surface area contributed by atoms with Crippen molar-refractivity contribution in [3.8, 4) is 17.2 Å². The van der Waals surface area contributed by atoms with E-state index in [9.17, 15) is 14.7 Å². The summed E-state index contributed by atoms with van der Waals surface area (Å²) in [7, 11) is 0. The number of carbonyl (C=O) groups excluding carboxylic acids is 1. The molecule has 1 aromatic heterocycles. The SMILES string of the molecule is CCc1nnn(CCN2C(=O)C3(COc4cc5c(cc43)OCO5)c3ccccc32)c1C(=O)O. The van der Waals surface area contributed by atoms with Crippen molar-refractivity contribution in [1.29, 1.82) is 0 Å². The largest absolute Gasteiger partial charge is 0.491 e. The molecule has 33 heavy (non-hydrogen) atoms. The Morgan fingerprint density at radius 2 is 1.88 bits per heavy atom. The van der Waals surface area contributed by atoms with Crippen molar-refractivity contribution in [2.24, 2.45) is 0 Å². The Labute approximate surface area is 188 Å². The number of carboxylic acid groups (broad SMARTS) is 1. The van der Waals surface area contributed by atoms with Crippen LogP contribution in [0.15, 0.2) is 36.4 Å². The van der Waals surface area contributed by atoms with E-state index in [1.54, 1.807) is 11.0 Å². The normalized spacial score (nSPS) is 19.7. The Kier molecular flexibility index (Phi) is 4.13. The molecule has 0 saturated carbocycles. The highest BCUT2D eigenvalue weighted by Gasteiger charge is 2.57. The van der Waals surface area contributed by atoms with Gasteiger partial charge in [-0.15, -0.1) is 5.10 Å². The first kappa shape index (κ1) is 19.6. The topological polar surface area (TPSA) is 116 Å².